The van der Waals surface area contributed by atoms with Gasteiger partial charge in [-0.15, -0.1) is 10.2 Å². The number of nitrogens with one attached hydrogen (secondary N) is 1. The Morgan fingerprint density at radius 3 is 2.88 bits per heavy atom. The zero-order chi connectivity index (χ0) is 10.8. The molecule has 0 spiro atoms. The first-order valence-corrected chi connectivity index (χ1v) is 5.61. The molecule has 0 aliphatic carbocycles. The molecule has 0 bridgehead atoms. The molecule has 16 heavy (non-hydrogen) atoms. The zero-order valence-corrected chi connectivity index (χ0v) is 9.00. The molecule has 4 heteroatoms. The molecule has 2 aromatic rings. The number of benzene rings is 1. The number of hydrogen-bond donors (Lipinski definition) is 1. The van der Waals surface area contributed by atoms with Gasteiger partial charge in [0.1, 0.15) is 6.33 Å². The smallest absolute Gasteiger partial charge is 0.164 e. The van der Waals surface area contributed by atoms with Crippen molar-refractivity contribution in [2.24, 2.45) is 0 Å². The molecule has 1 unspecified atom stereocenters. The van der Waals surface area contributed by atoms with Gasteiger partial charge < -0.3 is 9.88 Å². The lowest BCUT2D eigenvalue weighted by atomic mass is 10.2. The summed E-state index contributed by atoms with van der Waals surface area (Å²) in [7, 11) is 0. The summed E-state index contributed by atoms with van der Waals surface area (Å²) in [4.78, 5) is 0. The van der Waals surface area contributed by atoms with Gasteiger partial charge >= 0.3 is 0 Å². The molecule has 82 valence electrons. The molecule has 1 atom stereocenters. The second-order valence-electron chi connectivity index (χ2n) is 4.07. The van der Waals surface area contributed by atoms with Gasteiger partial charge in [-0.2, -0.15) is 0 Å². The maximum absolute atomic E-state index is 4.22. The second kappa shape index (κ2) is 4.06. The minimum atomic E-state index is 0.491. The van der Waals surface area contributed by atoms with E-state index in [0.29, 0.717) is 6.04 Å². The fourth-order valence-corrected chi connectivity index (χ4v) is 2.18. The Balaban J connectivity index is 1.99. The quantitative estimate of drug-likeness (QED) is 0.823. The highest BCUT2D eigenvalue weighted by Crippen LogP contribution is 2.23. The van der Waals surface area contributed by atoms with Gasteiger partial charge in [0.15, 0.2) is 5.82 Å². The summed E-state index contributed by atoms with van der Waals surface area (Å²) in [6.45, 7) is 2.09. The van der Waals surface area contributed by atoms with Crippen LogP contribution in [-0.4, -0.2) is 27.9 Å². The predicted octanol–water partition coefficient (Wildman–Crippen LogP) is 1.48. The first-order chi connectivity index (χ1) is 7.95. The Morgan fingerprint density at radius 2 is 2.12 bits per heavy atom. The third-order valence-electron chi connectivity index (χ3n) is 3.03. The number of nitrogens with zero attached hydrogens (tertiary/aromatic N) is 3. The normalized spacial score (nSPS) is 20.1. The van der Waals surface area contributed by atoms with E-state index >= 15 is 0 Å². The highest BCUT2D eigenvalue weighted by atomic mass is 15.3. The van der Waals surface area contributed by atoms with E-state index in [1.54, 1.807) is 0 Å². The average Bonchev–Trinajstić information content (AvgIpc) is 3.01. The molecular weight excluding hydrogens is 200 g/mol. The van der Waals surface area contributed by atoms with Crippen molar-refractivity contribution in [2.45, 2.75) is 12.5 Å². The van der Waals surface area contributed by atoms with Crippen molar-refractivity contribution in [1.82, 2.24) is 20.1 Å². The van der Waals surface area contributed by atoms with Crippen molar-refractivity contribution in [3.05, 3.63) is 36.7 Å². The minimum absolute atomic E-state index is 0.491. The van der Waals surface area contributed by atoms with Gasteiger partial charge in [-0.25, -0.2) is 0 Å². The maximum Gasteiger partial charge on any atom is 0.164 e. The Bertz CT molecular complexity index is 457. The first-order valence-electron chi connectivity index (χ1n) is 5.61. The summed E-state index contributed by atoms with van der Waals surface area (Å²) in [5.74, 6) is 0.967. The number of hydrogen-bond acceptors (Lipinski definition) is 3. The Labute approximate surface area is 94.3 Å². The average molecular weight is 214 g/mol. The lowest BCUT2D eigenvalue weighted by Gasteiger charge is -2.12. The highest BCUT2D eigenvalue weighted by molar-refractivity contribution is 5.54. The van der Waals surface area contributed by atoms with E-state index in [0.717, 1.165) is 30.9 Å². The molecule has 0 amide bonds. The largest absolute Gasteiger partial charge is 0.315 e. The van der Waals surface area contributed by atoms with E-state index in [4.69, 9.17) is 0 Å². The molecule has 0 saturated carbocycles. The second-order valence-corrected chi connectivity index (χ2v) is 4.07. The van der Waals surface area contributed by atoms with E-state index in [2.05, 4.69) is 32.2 Å². The molecular formula is C12H14N4. The maximum atomic E-state index is 4.22. The van der Waals surface area contributed by atoms with Gasteiger partial charge in [0.05, 0.1) is 6.04 Å². The summed E-state index contributed by atoms with van der Waals surface area (Å²) >= 11 is 0. The SMILES string of the molecule is c1ccc(-c2nncn2C2CCNC2)cc1. The molecule has 1 N–H and O–H groups in total. The van der Waals surface area contributed by atoms with Gasteiger partial charge in [0.2, 0.25) is 0 Å². The van der Waals surface area contributed by atoms with Gasteiger partial charge in [0, 0.05) is 12.1 Å². The summed E-state index contributed by atoms with van der Waals surface area (Å²) in [6.07, 6.45) is 2.98. The van der Waals surface area contributed by atoms with Gasteiger partial charge in [-0.3, -0.25) is 0 Å². The summed E-state index contributed by atoms with van der Waals surface area (Å²) in [6, 6.07) is 10.7. The summed E-state index contributed by atoms with van der Waals surface area (Å²) in [5, 5.41) is 11.6. The summed E-state index contributed by atoms with van der Waals surface area (Å²) < 4.78 is 2.18. The fourth-order valence-electron chi connectivity index (χ4n) is 2.18. The molecule has 4 nitrogen and oxygen atoms in total. The lowest BCUT2D eigenvalue weighted by molar-refractivity contribution is 0.550. The van der Waals surface area contributed by atoms with Crippen LogP contribution in [0.25, 0.3) is 11.4 Å². The minimum Gasteiger partial charge on any atom is -0.315 e. The van der Waals surface area contributed by atoms with E-state index in [9.17, 15) is 0 Å². The molecule has 2 heterocycles. The van der Waals surface area contributed by atoms with Crippen molar-refractivity contribution in [3.8, 4) is 11.4 Å². The highest BCUT2D eigenvalue weighted by Gasteiger charge is 2.19. The van der Waals surface area contributed by atoms with Crippen molar-refractivity contribution < 1.29 is 0 Å². The van der Waals surface area contributed by atoms with Crippen LogP contribution in [0.15, 0.2) is 36.7 Å². The molecule has 0 radical (unpaired) electrons. The molecule has 1 saturated heterocycles. The third-order valence-corrected chi connectivity index (χ3v) is 3.03. The van der Waals surface area contributed by atoms with Crippen LogP contribution < -0.4 is 5.32 Å². The van der Waals surface area contributed by atoms with Crippen LogP contribution in [0.1, 0.15) is 12.5 Å². The van der Waals surface area contributed by atoms with Gasteiger partial charge in [-0.1, -0.05) is 30.3 Å². The Hall–Kier alpha value is -1.68. The van der Waals surface area contributed by atoms with Crippen LogP contribution in [0.4, 0.5) is 0 Å². The third kappa shape index (κ3) is 1.61. The first kappa shape index (κ1) is 9.54. The van der Waals surface area contributed by atoms with E-state index in [-0.39, 0.29) is 0 Å². The van der Waals surface area contributed by atoms with Crippen molar-refractivity contribution in [2.75, 3.05) is 13.1 Å². The van der Waals surface area contributed by atoms with Gasteiger partial charge in [0.25, 0.3) is 0 Å². The molecule has 1 fully saturated rings. The van der Waals surface area contributed by atoms with Crippen LogP contribution in [0, 0.1) is 0 Å². The number of aromatic nitrogens is 3. The van der Waals surface area contributed by atoms with Crippen LogP contribution in [0.2, 0.25) is 0 Å². The van der Waals surface area contributed by atoms with E-state index in [1.165, 1.54) is 0 Å². The van der Waals surface area contributed by atoms with Crippen LogP contribution in [0.5, 0.6) is 0 Å². The Morgan fingerprint density at radius 1 is 1.25 bits per heavy atom. The molecule has 3 rings (SSSR count). The van der Waals surface area contributed by atoms with Crippen LogP contribution in [-0.2, 0) is 0 Å². The molecule has 1 aromatic heterocycles. The van der Waals surface area contributed by atoms with Crippen LogP contribution in [0.3, 0.4) is 0 Å². The number of rotatable bonds is 2. The van der Waals surface area contributed by atoms with E-state index in [1.807, 2.05) is 24.5 Å². The summed E-state index contributed by atoms with van der Waals surface area (Å²) in [5.41, 5.74) is 1.13. The molecule has 1 aromatic carbocycles. The standard InChI is InChI=1S/C12H14N4/c1-2-4-10(5-3-1)12-15-14-9-16(12)11-6-7-13-8-11/h1-5,9,11,13H,6-8H2. The van der Waals surface area contributed by atoms with Crippen molar-refractivity contribution in [1.29, 1.82) is 0 Å². The fraction of sp³-hybridized carbons (Fsp3) is 0.333. The zero-order valence-electron chi connectivity index (χ0n) is 9.00. The molecule has 1 aliphatic rings. The van der Waals surface area contributed by atoms with Gasteiger partial charge in [-0.05, 0) is 13.0 Å². The topological polar surface area (TPSA) is 42.7 Å². The van der Waals surface area contributed by atoms with Crippen molar-refractivity contribution >= 4 is 0 Å². The predicted molar refractivity (Wildman–Crippen MR) is 62.0 cm³/mol. The van der Waals surface area contributed by atoms with Crippen molar-refractivity contribution in [3.63, 3.8) is 0 Å². The van der Waals surface area contributed by atoms with E-state index < -0.39 is 0 Å². The lowest BCUT2D eigenvalue weighted by Crippen LogP contribution is -2.13. The Kier molecular flexibility index (Phi) is 2.42. The monoisotopic (exact) mass is 214 g/mol. The molecule has 1 aliphatic heterocycles. The van der Waals surface area contributed by atoms with Crippen LogP contribution >= 0.6 is 0 Å².